The summed E-state index contributed by atoms with van der Waals surface area (Å²) in [6.45, 7) is 4.17. The van der Waals surface area contributed by atoms with Crippen molar-refractivity contribution in [3.63, 3.8) is 0 Å². The van der Waals surface area contributed by atoms with E-state index in [9.17, 15) is 0 Å². The zero-order valence-corrected chi connectivity index (χ0v) is 12.5. The van der Waals surface area contributed by atoms with Gasteiger partial charge in [0.1, 0.15) is 11.4 Å². The number of hydrogen-bond acceptors (Lipinski definition) is 5. The van der Waals surface area contributed by atoms with E-state index >= 15 is 0 Å². The molecule has 6 heteroatoms. The van der Waals surface area contributed by atoms with Gasteiger partial charge in [0.05, 0.1) is 4.47 Å². The highest BCUT2D eigenvalue weighted by molar-refractivity contribution is 9.10. The molecular weight excluding hydrogens is 312 g/mol. The molecule has 0 radical (unpaired) electrons. The fraction of sp³-hybridized carbons (Fsp3) is 0.167. The van der Waals surface area contributed by atoms with Crippen LogP contribution >= 0.6 is 27.7 Å². The van der Waals surface area contributed by atoms with E-state index in [1.807, 2.05) is 0 Å². The van der Waals surface area contributed by atoms with Crippen molar-refractivity contribution >= 4 is 33.5 Å². The van der Waals surface area contributed by atoms with Crippen LogP contribution in [0.25, 0.3) is 0 Å². The number of rotatable bonds is 3. The van der Waals surface area contributed by atoms with Crippen LogP contribution in [0.5, 0.6) is 0 Å². The van der Waals surface area contributed by atoms with Gasteiger partial charge in [0.15, 0.2) is 5.82 Å². The van der Waals surface area contributed by atoms with Gasteiger partial charge < -0.3 is 5.43 Å². The third kappa shape index (κ3) is 2.82. The minimum Gasteiger partial charge on any atom is -0.307 e. The average molecular weight is 325 g/mol. The molecule has 0 aliphatic carbocycles. The molecule has 1 aromatic carbocycles. The van der Waals surface area contributed by atoms with Crippen molar-refractivity contribution in [2.45, 2.75) is 23.8 Å². The number of nitrogens with two attached hydrogens (primary N) is 1. The van der Waals surface area contributed by atoms with Crippen molar-refractivity contribution in [2.24, 2.45) is 5.84 Å². The first-order valence-electron chi connectivity index (χ1n) is 5.34. The molecule has 94 valence electrons. The van der Waals surface area contributed by atoms with Crippen LogP contribution in [0.2, 0.25) is 0 Å². The van der Waals surface area contributed by atoms with E-state index in [4.69, 9.17) is 5.84 Å². The van der Waals surface area contributed by atoms with Gasteiger partial charge in [-0.15, -0.1) is 0 Å². The average Bonchev–Trinajstić information content (AvgIpc) is 2.35. The van der Waals surface area contributed by atoms with Crippen LogP contribution < -0.4 is 11.3 Å². The minimum absolute atomic E-state index is 0.581. The maximum atomic E-state index is 5.38. The van der Waals surface area contributed by atoms with Crippen molar-refractivity contribution in [3.05, 3.63) is 40.1 Å². The zero-order valence-electron chi connectivity index (χ0n) is 10.1. The zero-order chi connectivity index (χ0) is 13.1. The van der Waals surface area contributed by atoms with Gasteiger partial charge in [0.25, 0.3) is 0 Å². The van der Waals surface area contributed by atoms with Crippen LogP contribution in [-0.2, 0) is 0 Å². The van der Waals surface area contributed by atoms with Crippen molar-refractivity contribution in [2.75, 3.05) is 5.43 Å². The molecule has 1 aromatic heterocycles. The lowest BCUT2D eigenvalue weighted by Gasteiger charge is -2.09. The summed E-state index contributed by atoms with van der Waals surface area (Å²) >= 11 is 5.04. The van der Waals surface area contributed by atoms with Gasteiger partial charge in [-0.1, -0.05) is 29.5 Å². The number of hydrogen-bond donors (Lipinski definition) is 2. The van der Waals surface area contributed by atoms with E-state index in [1.165, 1.54) is 22.3 Å². The van der Waals surface area contributed by atoms with Gasteiger partial charge in [-0.05, 0) is 41.4 Å². The van der Waals surface area contributed by atoms with Crippen LogP contribution in [0.4, 0.5) is 5.82 Å². The Morgan fingerprint density at radius 1 is 1.28 bits per heavy atom. The Bertz CT molecular complexity index is 574. The molecule has 0 spiro atoms. The van der Waals surface area contributed by atoms with E-state index in [-0.39, 0.29) is 0 Å². The maximum absolute atomic E-state index is 5.38. The van der Waals surface area contributed by atoms with Gasteiger partial charge in [0, 0.05) is 4.90 Å². The molecule has 1 heterocycles. The van der Waals surface area contributed by atoms with Crippen molar-refractivity contribution in [1.29, 1.82) is 0 Å². The molecule has 18 heavy (non-hydrogen) atoms. The molecule has 0 saturated carbocycles. The predicted molar refractivity (Wildman–Crippen MR) is 77.6 cm³/mol. The van der Waals surface area contributed by atoms with E-state index in [0.29, 0.717) is 5.82 Å². The Morgan fingerprint density at radius 3 is 2.72 bits per heavy atom. The van der Waals surface area contributed by atoms with Gasteiger partial charge >= 0.3 is 0 Å². The summed E-state index contributed by atoms with van der Waals surface area (Å²) in [7, 11) is 0. The molecule has 0 saturated heterocycles. The molecule has 0 unspecified atom stereocenters. The molecule has 0 amide bonds. The van der Waals surface area contributed by atoms with E-state index < -0.39 is 0 Å². The number of aromatic nitrogens is 2. The number of hydrazine groups is 1. The molecule has 2 rings (SSSR count). The number of anilines is 1. The summed E-state index contributed by atoms with van der Waals surface area (Å²) in [5.41, 5.74) is 5.02. The summed E-state index contributed by atoms with van der Waals surface area (Å²) in [5.74, 6) is 5.96. The normalized spacial score (nSPS) is 10.4. The van der Waals surface area contributed by atoms with E-state index in [2.05, 4.69) is 63.4 Å². The quantitative estimate of drug-likeness (QED) is 0.515. The maximum Gasteiger partial charge on any atom is 0.158 e. The summed E-state index contributed by atoms with van der Waals surface area (Å²) in [4.78, 5) is 9.45. The van der Waals surface area contributed by atoms with Crippen LogP contribution in [-0.4, -0.2) is 9.97 Å². The number of nitrogens with zero attached hydrogens (tertiary/aromatic N) is 2. The summed E-state index contributed by atoms with van der Waals surface area (Å²) in [6.07, 6.45) is 1.49. The Morgan fingerprint density at radius 2 is 2.06 bits per heavy atom. The molecule has 0 aliphatic rings. The first kappa shape index (κ1) is 13.3. The highest BCUT2D eigenvalue weighted by Gasteiger charge is 2.10. The number of aryl methyl sites for hydroxylation is 2. The number of nitrogens with one attached hydrogen (secondary N) is 1. The van der Waals surface area contributed by atoms with Crippen LogP contribution in [0.15, 0.2) is 38.9 Å². The highest BCUT2D eigenvalue weighted by Crippen LogP contribution is 2.36. The largest absolute Gasteiger partial charge is 0.307 e. The fourth-order valence-electron chi connectivity index (χ4n) is 1.54. The van der Waals surface area contributed by atoms with Gasteiger partial charge in [-0.25, -0.2) is 15.8 Å². The SMILES string of the molecule is Cc1ccc(Sc2ncnc(NN)c2Br)c(C)c1. The van der Waals surface area contributed by atoms with Crippen molar-refractivity contribution in [1.82, 2.24) is 9.97 Å². The Hall–Kier alpha value is -1.11. The molecule has 4 nitrogen and oxygen atoms in total. The Balaban J connectivity index is 2.34. The second-order valence-electron chi connectivity index (χ2n) is 3.86. The van der Waals surface area contributed by atoms with Crippen LogP contribution in [0.3, 0.4) is 0 Å². The fourth-order valence-corrected chi connectivity index (χ4v) is 2.96. The molecule has 0 atom stereocenters. The Kier molecular flexibility index (Phi) is 4.21. The third-order valence-corrected chi connectivity index (χ3v) is 4.63. The van der Waals surface area contributed by atoms with Crippen LogP contribution in [0, 0.1) is 13.8 Å². The summed E-state index contributed by atoms with van der Waals surface area (Å²) in [5, 5.41) is 0.838. The monoisotopic (exact) mass is 324 g/mol. The minimum atomic E-state index is 0.581. The molecule has 2 aromatic rings. The van der Waals surface area contributed by atoms with E-state index in [1.54, 1.807) is 11.8 Å². The predicted octanol–water partition coefficient (Wildman–Crippen LogP) is 3.29. The molecular formula is C12H13BrN4S. The number of nitrogen functional groups attached to an aromatic ring is 1. The Labute approximate surface area is 119 Å². The van der Waals surface area contributed by atoms with Gasteiger partial charge in [0.2, 0.25) is 0 Å². The second-order valence-corrected chi connectivity index (χ2v) is 5.68. The second kappa shape index (κ2) is 5.69. The van der Waals surface area contributed by atoms with E-state index in [0.717, 1.165) is 9.50 Å². The van der Waals surface area contributed by atoms with Crippen LogP contribution in [0.1, 0.15) is 11.1 Å². The standard InChI is InChI=1S/C12H13BrN4S/c1-7-3-4-9(8(2)5-7)18-12-10(13)11(17-14)15-6-16-12/h3-6H,14H2,1-2H3,(H,15,16,17). The summed E-state index contributed by atoms with van der Waals surface area (Å²) in [6, 6.07) is 6.34. The third-order valence-electron chi connectivity index (χ3n) is 2.43. The van der Waals surface area contributed by atoms with Crippen molar-refractivity contribution < 1.29 is 0 Å². The highest BCUT2D eigenvalue weighted by atomic mass is 79.9. The lowest BCUT2D eigenvalue weighted by molar-refractivity contribution is 1.02. The molecule has 3 N–H and O–H groups in total. The lowest BCUT2D eigenvalue weighted by atomic mass is 10.2. The molecule has 0 fully saturated rings. The summed E-state index contributed by atoms with van der Waals surface area (Å²) < 4.78 is 0.775. The lowest BCUT2D eigenvalue weighted by Crippen LogP contribution is -2.09. The molecule has 0 bridgehead atoms. The number of halogens is 1. The van der Waals surface area contributed by atoms with Crippen molar-refractivity contribution in [3.8, 4) is 0 Å². The van der Waals surface area contributed by atoms with Gasteiger partial charge in [-0.2, -0.15) is 0 Å². The molecule has 0 aliphatic heterocycles. The first-order chi connectivity index (χ1) is 8.61. The smallest absolute Gasteiger partial charge is 0.158 e. The topological polar surface area (TPSA) is 63.8 Å². The first-order valence-corrected chi connectivity index (χ1v) is 6.95. The van der Waals surface area contributed by atoms with Gasteiger partial charge in [-0.3, -0.25) is 0 Å². The number of benzene rings is 1.